The first-order valence-electron chi connectivity index (χ1n) is 10.5. The van der Waals surface area contributed by atoms with E-state index >= 15 is 0 Å². The van der Waals surface area contributed by atoms with Crippen molar-refractivity contribution in [1.29, 1.82) is 0 Å². The molecule has 3 aromatic rings. The molecule has 0 radical (unpaired) electrons. The van der Waals surface area contributed by atoms with E-state index in [0.717, 1.165) is 40.8 Å². The topological polar surface area (TPSA) is 97.1 Å². The molecule has 0 spiro atoms. The van der Waals surface area contributed by atoms with Crippen LogP contribution in [0.25, 0.3) is 0 Å². The number of benzene rings is 2. The number of hydrogen-bond acceptors (Lipinski definition) is 6. The molecule has 0 saturated heterocycles. The van der Waals surface area contributed by atoms with Crippen LogP contribution in [0.5, 0.6) is 0 Å². The molecule has 8 heteroatoms. The Morgan fingerprint density at radius 1 is 1.19 bits per heavy atom. The van der Waals surface area contributed by atoms with Gasteiger partial charge in [-0.2, -0.15) is 4.98 Å². The van der Waals surface area contributed by atoms with Crippen molar-refractivity contribution in [3.8, 4) is 0 Å². The van der Waals surface area contributed by atoms with E-state index in [2.05, 4.69) is 24.4 Å². The van der Waals surface area contributed by atoms with Crippen LogP contribution in [0.1, 0.15) is 52.4 Å². The molecule has 162 valence electrons. The van der Waals surface area contributed by atoms with E-state index in [9.17, 15) is 9.59 Å². The lowest BCUT2D eigenvalue weighted by molar-refractivity contribution is -0.116. The normalized spacial score (nSPS) is 17.5. The first-order valence-corrected chi connectivity index (χ1v) is 11.5. The Morgan fingerprint density at radius 2 is 1.97 bits per heavy atom. The molecule has 0 unspecified atom stereocenters. The predicted octanol–water partition coefficient (Wildman–Crippen LogP) is 4.60. The highest BCUT2D eigenvalue weighted by Crippen LogP contribution is 2.41. The number of thioether (sulfide) groups is 1. The molecule has 1 aliphatic carbocycles. The lowest BCUT2D eigenvalue weighted by Gasteiger charge is -2.32. The first kappa shape index (κ1) is 20.5. The van der Waals surface area contributed by atoms with Gasteiger partial charge >= 0.3 is 5.97 Å². The van der Waals surface area contributed by atoms with Crippen molar-refractivity contribution in [2.45, 2.75) is 43.1 Å². The number of rotatable bonds is 5. The molecule has 0 amide bonds. The van der Waals surface area contributed by atoms with Crippen molar-refractivity contribution < 1.29 is 14.7 Å². The fraction of sp³-hybridized carbons (Fsp3) is 0.250. The third-order valence-corrected chi connectivity index (χ3v) is 6.81. The van der Waals surface area contributed by atoms with Gasteiger partial charge in [-0.15, -0.1) is 5.10 Å². The van der Waals surface area contributed by atoms with Gasteiger partial charge in [0.15, 0.2) is 5.78 Å². The lowest BCUT2D eigenvalue weighted by Crippen LogP contribution is -2.31. The van der Waals surface area contributed by atoms with Gasteiger partial charge in [0.25, 0.3) is 0 Å². The van der Waals surface area contributed by atoms with Crippen molar-refractivity contribution >= 4 is 29.5 Å². The third-order valence-electron chi connectivity index (χ3n) is 5.90. The quantitative estimate of drug-likeness (QED) is 0.553. The number of carboxylic acid groups (broad SMARTS) is 1. The number of carbonyl (C=O) groups excluding carboxylic acids is 1. The number of nitrogens with one attached hydrogen (secondary N) is 1. The summed E-state index contributed by atoms with van der Waals surface area (Å²) in [4.78, 5) is 28.7. The summed E-state index contributed by atoms with van der Waals surface area (Å²) in [5.41, 5.74) is 5.17. The number of carbonyl (C=O) groups is 2. The predicted molar refractivity (Wildman–Crippen MR) is 122 cm³/mol. The van der Waals surface area contributed by atoms with Crippen LogP contribution in [0, 0.1) is 6.92 Å². The Hall–Kier alpha value is -3.39. The number of Topliss-reactive ketones (excluding diaryl/α,β-unsaturated/α-hetero) is 1. The average Bonchev–Trinajstić information content (AvgIpc) is 3.20. The zero-order valence-corrected chi connectivity index (χ0v) is 18.4. The van der Waals surface area contributed by atoms with Crippen LogP contribution in [0.4, 0.5) is 5.95 Å². The maximum atomic E-state index is 12.9. The van der Waals surface area contributed by atoms with Crippen LogP contribution in [-0.2, 0) is 10.5 Å². The summed E-state index contributed by atoms with van der Waals surface area (Å²) < 4.78 is 1.83. The van der Waals surface area contributed by atoms with Crippen molar-refractivity contribution in [2.24, 2.45) is 0 Å². The van der Waals surface area contributed by atoms with Gasteiger partial charge in [-0.25, -0.2) is 9.48 Å². The Morgan fingerprint density at radius 3 is 2.72 bits per heavy atom. The van der Waals surface area contributed by atoms with Crippen LogP contribution >= 0.6 is 11.8 Å². The third kappa shape index (κ3) is 3.71. The molecule has 0 bridgehead atoms. The van der Waals surface area contributed by atoms with E-state index in [1.165, 1.54) is 11.8 Å². The second-order valence-electron chi connectivity index (χ2n) is 8.01. The number of nitrogens with zero attached hydrogens (tertiary/aromatic N) is 3. The van der Waals surface area contributed by atoms with Crippen LogP contribution < -0.4 is 5.32 Å². The second-order valence-corrected chi connectivity index (χ2v) is 8.95. The van der Waals surface area contributed by atoms with Gasteiger partial charge in [-0.1, -0.05) is 48.2 Å². The number of hydrogen-bond donors (Lipinski definition) is 2. The highest BCUT2D eigenvalue weighted by Gasteiger charge is 2.37. The number of aryl methyl sites for hydroxylation is 1. The number of ketones is 1. The molecule has 32 heavy (non-hydrogen) atoms. The summed E-state index contributed by atoms with van der Waals surface area (Å²) in [6, 6.07) is 14.6. The summed E-state index contributed by atoms with van der Waals surface area (Å²) in [5.74, 6) is 0.494. The van der Waals surface area contributed by atoms with Gasteiger partial charge in [0.05, 0.1) is 5.56 Å². The molecule has 1 aliphatic heterocycles. The Bertz CT molecular complexity index is 1250. The number of allylic oxidation sites excluding steroid dienone is 2. The summed E-state index contributed by atoms with van der Waals surface area (Å²) >= 11 is 1.48. The van der Waals surface area contributed by atoms with Crippen molar-refractivity contribution in [2.75, 3.05) is 5.32 Å². The van der Waals surface area contributed by atoms with Crippen molar-refractivity contribution in [3.63, 3.8) is 0 Å². The Labute approximate surface area is 189 Å². The van der Waals surface area contributed by atoms with Crippen molar-refractivity contribution in [1.82, 2.24) is 14.8 Å². The number of carboxylic acids is 1. The number of fused-ring (bicyclic) bond motifs is 1. The summed E-state index contributed by atoms with van der Waals surface area (Å²) in [6.07, 6.45) is 2.23. The van der Waals surface area contributed by atoms with Gasteiger partial charge in [0.2, 0.25) is 11.1 Å². The van der Waals surface area contributed by atoms with E-state index in [1.54, 1.807) is 24.3 Å². The van der Waals surface area contributed by atoms with Crippen LogP contribution in [0.15, 0.2) is 65.0 Å². The average molecular weight is 447 g/mol. The van der Waals surface area contributed by atoms with Gasteiger partial charge in [0, 0.05) is 23.4 Å². The van der Waals surface area contributed by atoms with E-state index in [-0.39, 0.29) is 17.4 Å². The fourth-order valence-electron chi connectivity index (χ4n) is 4.27. The zero-order valence-electron chi connectivity index (χ0n) is 17.5. The van der Waals surface area contributed by atoms with E-state index < -0.39 is 5.97 Å². The molecule has 1 aromatic heterocycles. The summed E-state index contributed by atoms with van der Waals surface area (Å²) in [6.45, 7) is 2.05. The summed E-state index contributed by atoms with van der Waals surface area (Å²) in [5, 5.41) is 17.8. The van der Waals surface area contributed by atoms with Gasteiger partial charge in [-0.3, -0.25) is 4.79 Å². The fourth-order valence-corrected chi connectivity index (χ4v) is 5.06. The number of aromatic carboxylic acids is 1. The molecule has 7 nitrogen and oxygen atoms in total. The number of aromatic nitrogens is 3. The minimum Gasteiger partial charge on any atom is -0.478 e. The second kappa shape index (κ2) is 8.27. The van der Waals surface area contributed by atoms with Gasteiger partial charge < -0.3 is 10.4 Å². The van der Waals surface area contributed by atoms with Crippen LogP contribution in [0.2, 0.25) is 0 Å². The monoisotopic (exact) mass is 446 g/mol. The summed E-state index contributed by atoms with van der Waals surface area (Å²) in [7, 11) is 0. The van der Waals surface area contributed by atoms with Crippen LogP contribution in [-0.4, -0.2) is 31.6 Å². The SMILES string of the molecule is Cc1ccccc1[C@@H]1C2=C(CCCC2=O)Nc2nc(SCc3ccc(C(=O)O)cc3)nn21. The molecule has 0 fully saturated rings. The van der Waals surface area contributed by atoms with Gasteiger partial charge in [0.1, 0.15) is 6.04 Å². The highest BCUT2D eigenvalue weighted by molar-refractivity contribution is 7.98. The maximum Gasteiger partial charge on any atom is 0.335 e. The van der Waals surface area contributed by atoms with E-state index in [1.807, 2.05) is 16.8 Å². The largest absolute Gasteiger partial charge is 0.478 e. The first-order chi connectivity index (χ1) is 15.5. The smallest absolute Gasteiger partial charge is 0.335 e. The molecule has 2 aliphatic rings. The molecule has 2 aromatic carbocycles. The zero-order chi connectivity index (χ0) is 22.2. The molecule has 2 heterocycles. The van der Waals surface area contributed by atoms with Gasteiger partial charge in [-0.05, 0) is 48.6 Å². The molecule has 0 saturated carbocycles. The minimum atomic E-state index is -0.938. The maximum absolute atomic E-state index is 12.9. The lowest BCUT2D eigenvalue weighted by atomic mass is 9.84. The molecular formula is C24H22N4O3S. The van der Waals surface area contributed by atoms with Crippen LogP contribution in [0.3, 0.4) is 0 Å². The highest BCUT2D eigenvalue weighted by atomic mass is 32.2. The molecule has 2 N–H and O–H groups in total. The van der Waals surface area contributed by atoms with Crippen molar-refractivity contribution in [3.05, 3.63) is 82.1 Å². The van der Waals surface area contributed by atoms with E-state index in [0.29, 0.717) is 23.3 Å². The molecule has 1 atom stereocenters. The molecular weight excluding hydrogens is 424 g/mol. The molecule has 5 rings (SSSR count). The Kier molecular flexibility index (Phi) is 5.30. The van der Waals surface area contributed by atoms with E-state index in [4.69, 9.17) is 15.2 Å². The standard InChI is InChI=1S/C24H22N4O3S/c1-14-5-2-3-6-17(14)21-20-18(7-4-8-19(20)29)25-23-26-24(27-28(21)23)32-13-15-9-11-16(12-10-15)22(30)31/h2-3,5-6,9-12,21H,4,7-8,13H2,1H3,(H,30,31)(H,25,26,27)/t21-/m1/s1. The number of anilines is 1. The minimum absolute atomic E-state index is 0.167. The Balaban J connectivity index is 1.46.